The summed E-state index contributed by atoms with van der Waals surface area (Å²) >= 11 is 0. The van der Waals surface area contributed by atoms with E-state index in [9.17, 15) is 0 Å². The first-order valence-electron chi connectivity index (χ1n) is 7.27. The zero-order valence-electron chi connectivity index (χ0n) is 12.1. The Bertz CT molecular complexity index is 542. The second-order valence-corrected chi connectivity index (χ2v) is 5.32. The van der Waals surface area contributed by atoms with Gasteiger partial charge in [-0.25, -0.2) is 0 Å². The molecule has 1 saturated heterocycles. The lowest BCUT2D eigenvalue weighted by molar-refractivity contribution is 0.143. The molecule has 2 heterocycles. The molecule has 0 bridgehead atoms. The van der Waals surface area contributed by atoms with E-state index >= 15 is 0 Å². The second-order valence-electron chi connectivity index (χ2n) is 5.32. The lowest BCUT2D eigenvalue weighted by Gasteiger charge is -2.34. The van der Waals surface area contributed by atoms with Crippen molar-refractivity contribution in [2.75, 3.05) is 13.1 Å². The SMILES string of the molecule is Cl.NCC1CCCCN1Cc1cnn(-c2ccccc2)n1. The third-order valence-electron chi connectivity index (χ3n) is 3.91. The number of hydrogen-bond acceptors (Lipinski definition) is 4. The van der Waals surface area contributed by atoms with E-state index in [1.54, 1.807) is 4.80 Å². The molecule has 1 fully saturated rings. The average Bonchev–Trinajstić information content (AvgIpc) is 2.97. The molecule has 5 nitrogen and oxygen atoms in total. The molecule has 6 heteroatoms. The fourth-order valence-electron chi connectivity index (χ4n) is 2.80. The highest BCUT2D eigenvalue weighted by molar-refractivity contribution is 5.85. The zero-order chi connectivity index (χ0) is 13.8. The molecule has 1 aromatic carbocycles. The van der Waals surface area contributed by atoms with Crippen LogP contribution in [0.25, 0.3) is 5.69 Å². The lowest BCUT2D eigenvalue weighted by Crippen LogP contribution is -2.43. The summed E-state index contributed by atoms with van der Waals surface area (Å²) in [7, 11) is 0. The third kappa shape index (κ3) is 3.81. The van der Waals surface area contributed by atoms with Gasteiger partial charge in [0.05, 0.1) is 17.6 Å². The summed E-state index contributed by atoms with van der Waals surface area (Å²) in [6.07, 6.45) is 5.59. The van der Waals surface area contributed by atoms with Crippen LogP contribution in [0, 0.1) is 0 Å². The van der Waals surface area contributed by atoms with Crippen molar-refractivity contribution in [1.29, 1.82) is 0 Å². The molecule has 1 aliphatic heterocycles. The first kappa shape index (κ1) is 15.9. The highest BCUT2D eigenvalue weighted by Gasteiger charge is 2.21. The molecule has 1 aliphatic rings. The Morgan fingerprint density at radius 2 is 2.00 bits per heavy atom. The molecule has 0 amide bonds. The van der Waals surface area contributed by atoms with Gasteiger partial charge < -0.3 is 5.73 Å². The van der Waals surface area contributed by atoms with Crippen LogP contribution < -0.4 is 5.73 Å². The Hall–Kier alpha value is -1.43. The van der Waals surface area contributed by atoms with Gasteiger partial charge in [-0.15, -0.1) is 12.4 Å². The van der Waals surface area contributed by atoms with E-state index in [-0.39, 0.29) is 12.4 Å². The number of rotatable bonds is 4. The number of nitrogens with two attached hydrogens (primary N) is 1. The smallest absolute Gasteiger partial charge is 0.0971 e. The van der Waals surface area contributed by atoms with Gasteiger partial charge in [0, 0.05) is 19.1 Å². The van der Waals surface area contributed by atoms with Crippen LogP contribution >= 0.6 is 12.4 Å². The maximum Gasteiger partial charge on any atom is 0.0971 e. The number of halogens is 1. The van der Waals surface area contributed by atoms with Crippen LogP contribution in [0.2, 0.25) is 0 Å². The average molecular weight is 308 g/mol. The molecule has 3 rings (SSSR count). The lowest BCUT2D eigenvalue weighted by atomic mass is 10.0. The number of aromatic nitrogens is 3. The topological polar surface area (TPSA) is 60.0 Å². The summed E-state index contributed by atoms with van der Waals surface area (Å²) in [4.78, 5) is 4.12. The molecule has 0 aliphatic carbocycles. The van der Waals surface area contributed by atoms with Gasteiger partial charge in [-0.2, -0.15) is 15.0 Å². The summed E-state index contributed by atoms with van der Waals surface area (Å²) < 4.78 is 0. The quantitative estimate of drug-likeness (QED) is 0.938. The Morgan fingerprint density at radius 1 is 1.19 bits per heavy atom. The fourth-order valence-corrected chi connectivity index (χ4v) is 2.80. The number of nitrogens with zero attached hydrogens (tertiary/aromatic N) is 4. The minimum absolute atomic E-state index is 0. The van der Waals surface area contributed by atoms with Crippen LogP contribution in [0.3, 0.4) is 0 Å². The Balaban J connectivity index is 0.00000161. The van der Waals surface area contributed by atoms with Gasteiger partial charge in [0.1, 0.15) is 0 Å². The minimum Gasteiger partial charge on any atom is -0.329 e. The van der Waals surface area contributed by atoms with E-state index < -0.39 is 0 Å². The molecule has 21 heavy (non-hydrogen) atoms. The maximum absolute atomic E-state index is 5.86. The normalized spacial score (nSPS) is 19.2. The van der Waals surface area contributed by atoms with Crippen molar-refractivity contribution >= 4 is 12.4 Å². The van der Waals surface area contributed by atoms with Crippen LogP contribution in [0.1, 0.15) is 25.0 Å². The highest BCUT2D eigenvalue weighted by Crippen LogP contribution is 2.18. The molecule has 0 spiro atoms. The molecule has 0 radical (unpaired) electrons. The first-order valence-corrected chi connectivity index (χ1v) is 7.27. The van der Waals surface area contributed by atoms with Gasteiger partial charge in [-0.1, -0.05) is 24.6 Å². The molecular formula is C15H22ClN5. The Kier molecular flexibility index (Phi) is 5.73. The molecule has 1 atom stereocenters. The van der Waals surface area contributed by atoms with Crippen LogP contribution in [-0.2, 0) is 6.54 Å². The largest absolute Gasteiger partial charge is 0.329 e. The van der Waals surface area contributed by atoms with E-state index in [1.165, 1.54) is 19.3 Å². The number of para-hydroxylation sites is 1. The monoisotopic (exact) mass is 307 g/mol. The Morgan fingerprint density at radius 3 is 2.76 bits per heavy atom. The summed E-state index contributed by atoms with van der Waals surface area (Å²) in [5, 5.41) is 8.92. The number of benzene rings is 1. The van der Waals surface area contributed by atoms with Gasteiger partial charge in [-0.05, 0) is 31.5 Å². The predicted octanol–water partition coefficient (Wildman–Crippen LogP) is 2.00. The first-order chi connectivity index (χ1) is 9.86. The van der Waals surface area contributed by atoms with Crippen LogP contribution in [0.5, 0.6) is 0 Å². The summed E-state index contributed by atoms with van der Waals surface area (Å²) in [6, 6.07) is 10.5. The van der Waals surface area contributed by atoms with Gasteiger partial charge in [0.2, 0.25) is 0 Å². The van der Waals surface area contributed by atoms with Crippen molar-refractivity contribution in [2.24, 2.45) is 5.73 Å². The van der Waals surface area contributed by atoms with Crippen LogP contribution in [0.15, 0.2) is 36.5 Å². The van der Waals surface area contributed by atoms with Gasteiger partial charge >= 0.3 is 0 Å². The maximum atomic E-state index is 5.86. The molecular weight excluding hydrogens is 286 g/mol. The molecule has 0 saturated carbocycles. The summed E-state index contributed by atoms with van der Waals surface area (Å²) in [5.74, 6) is 0. The molecule has 114 valence electrons. The van der Waals surface area contributed by atoms with E-state index in [0.717, 1.165) is 31.0 Å². The second kappa shape index (κ2) is 7.54. The highest BCUT2D eigenvalue weighted by atomic mass is 35.5. The van der Waals surface area contributed by atoms with Crippen LogP contribution in [0.4, 0.5) is 0 Å². The van der Waals surface area contributed by atoms with Crippen molar-refractivity contribution in [3.05, 3.63) is 42.2 Å². The minimum atomic E-state index is 0. The van der Waals surface area contributed by atoms with Crippen molar-refractivity contribution in [1.82, 2.24) is 19.9 Å². The third-order valence-corrected chi connectivity index (χ3v) is 3.91. The van der Waals surface area contributed by atoms with E-state index in [4.69, 9.17) is 5.73 Å². The van der Waals surface area contributed by atoms with E-state index in [0.29, 0.717) is 6.04 Å². The van der Waals surface area contributed by atoms with E-state index in [1.807, 2.05) is 36.5 Å². The number of hydrogen-bond donors (Lipinski definition) is 1. The van der Waals surface area contributed by atoms with Gasteiger partial charge in [0.25, 0.3) is 0 Å². The fraction of sp³-hybridized carbons (Fsp3) is 0.467. The summed E-state index contributed by atoms with van der Waals surface area (Å²) in [6.45, 7) is 2.68. The zero-order valence-corrected chi connectivity index (χ0v) is 12.9. The van der Waals surface area contributed by atoms with Crippen molar-refractivity contribution in [3.63, 3.8) is 0 Å². The van der Waals surface area contributed by atoms with Crippen molar-refractivity contribution in [3.8, 4) is 5.69 Å². The van der Waals surface area contributed by atoms with Crippen molar-refractivity contribution < 1.29 is 0 Å². The van der Waals surface area contributed by atoms with Gasteiger partial charge in [-0.3, -0.25) is 4.90 Å². The van der Waals surface area contributed by atoms with E-state index in [2.05, 4.69) is 15.1 Å². The molecule has 2 N–H and O–H groups in total. The number of likely N-dealkylation sites (tertiary alicyclic amines) is 1. The van der Waals surface area contributed by atoms with Crippen molar-refractivity contribution in [2.45, 2.75) is 31.8 Å². The molecule has 1 aromatic heterocycles. The molecule has 1 unspecified atom stereocenters. The standard InChI is InChI=1S/C15H21N5.ClH/c16-10-15-8-4-5-9-19(15)12-13-11-17-20(18-13)14-6-2-1-3-7-14;/h1-3,6-7,11,15H,4-5,8-10,12,16H2;1H. The predicted molar refractivity (Wildman–Crippen MR) is 85.7 cm³/mol. The van der Waals surface area contributed by atoms with Crippen LogP contribution in [-0.4, -0.2) is 39.0 Å². The van der Waals surface area contributed by atoms with Gasteiger partial charge in [0.15, 0.2) is 0 Å². The Labute approximate surface area is 131 Å². The number of piperidine rings is 1. The molecule has 2 aromatic rings. The summed E-state index contributed by atoms with van der Waals surface area (Å²) in [5.41, 5.74) is 7.86.